The van der Waals surface area contributed by atoms with Crippen LogP contribution < -0.4 is 0 Å². The zero-order chi connectivity index (χ0) is 13.5. The number of aliphatic carboxylic acids is 1. The maximum Gasteiger partial charge on any atom is 0.328 e. The van der Waals surface area contributed by atoms with Gasteiger partial charge in [0.25, 0.3) is 5.91 Å². The van der Waals surface area contributed by atoms with Crippen LogP contribution in [-0.4, -0.2) is 35.0 Å². The number of benzene rings is 1. The Morgan fingerprint density at radius 2 is 1.94 bits per heavy atom. The van der Waals surface area contributed by atoms with E-state index in [9.17, 15) is 9.59 Å². The van der Waals surface area contributed by atoms with Crippen LogP contribution in [0.15, 0.2) is 30.3 Å². The van der Waals surface area contributed by atoms with Gasteiger partial charge < -0.3 is 10.0 Å². The molecular weight excluding hydrogens is 230 g/mol. The van der Waals surface area contributed by atoms with Crippen molar-refractivity contribution in [3.63, 3.8) is 0 Å². The van der Waals surface area contributed by atoms with Crippen LogP contribution in [0.25, 0.3) is 6.08 Å². The van der Waals surface area contributed by atoms with Crippen LogP contribution in [0.1, 0.15) is 29.8 Å². The van der Waals surface area contributed by atoms with Gasteiger partial charge in [-0.3, -0.25) is 4.79 Å². The first-order valence-electron chi connectivity index (χ1n) is 5.88. The molecule has 0 heterocycles. The van der Waals surface area contributed by atoms with Gasteiger partial charge in [-0.25, -0.2) is 4.79 Å². The zero-order valence-electron chi connectivity index (χ0n) is 10.6. The first-order chi connectivity index (χ1) is 8.58. The van der Waals surface area contributed by atoms with Gasteiger partial charge in [-0.1, -0.05) is 12.1 Å². The molecule has 1 amide bonds. The normalized spacial score (nSPS) is 10.6. The van der Waals surface area contributed by atoms with Crippen LogP contribution in [0.3, 0.4) is 0 Å². The summed E-state index contributed by atoms with van der Waals surface area (Å²) in [4.78, 5) is 24.2. The van der Waals surface area contributed by atoms with Crippen LogP contribution in [-0.2, 0) is 4.79 Å². The van der Waals surface area contributed by atoms with Crippen molar-refractivity contribution in [1.82, 2.24) is 4.90 Å². The summed E-state index contributed by atoms with van der Waals surface area (Å²) in [7, 11) is 0. The molecule has 0 saturated carbocycles. The first-order valence-corrected chi connectivity index (χ1v) is 5.88. The molecule has 0 fully saturated rings. The fraction of sp³-hybridized carbons (Fsp3) is 0.286. The molecule has 0 aromatic heterocycles. The molecule has 0 aliphatic heterocycles. The van der Waals surface area contributed by atoms with Crippen molar-refractivity contribution in [3.8, 4) is 0 Å². The molecule has 96 valence electrons. The van der Waals surface area contributed by atoms with E-state index in [0.29, 0.717) is 24.2 Å². The quantitative estimate of drug-likeness (QED) is 0.812. The summed E-state index contributed by atoms with van der Waals surface area (Å²) in [5.41, 5.74) is 1.28. The number of rotatable bonds is 5. The highest BCUT2D eigenvalue weighted by Gasteiger charge is 2.11. The average molecular weight is 247 g/mol. The number of amides is 1. The maximum absolute atomic E-state index is 12.1. The Bertz CT molecular complexity index is 462. The Morgan fingerprint density at radius 1 is 1.28 bits per heavy atom. The molecule has 0 aliphatic carbocycles. The standard InChI is InChI=1S/C14H17NO3/c1-3-15(4-2)14(18)12-7-5-6-11(10-12)8-9-13(16)17/h5-10H,3-4H2,1-2H3,(H,16,17). The average Bonchev–Trinajstić information content (AvgIpc) is 2.38. The van der Waals surface area contributed by atoms with Gasteiger partial charge in [-0.05, 0) is 37.6 Å². The summed E-state index contributed by atoms with van der Waals surface area (Å²) < 4.78 is 0. The minimum absolute atomic E-state index is 0.0365. The molecule has 0 radical (unpaired) electrons. The summed E-state index contributed by atoms with van der Waals surface area (Å²) in [6.45, 7) is 5.17. The van der Waals surface area contributed by atoms with Crippen molar-refractivity contribution < 1.29 is 14.7 Å². The van der Waals surface area contributed by atoms with Gasteiger partial charge in [0.1, 0.15) is 0 Å². The van der Waals surface area contributed by atoms with Crippen molar-refractivity contribution in [2.24, 2.45) is 0 Å². The van der Waals surface area contributed by atoms with Crippen LogP contribution in [0.5, 0.6) is 0 Å². The second kappa shape index (κ2) is 6.59. The summed E-state index contributed by atoms with van der Waals surface area (Å²) in [6.07, 6.45) is 2.53. The van der Waals surface area contributed by atoms with Crippen molar-refractivity contribution >= 4 is 18.0 Å². The van der Waals surface area contributed by atoms with Crippen LogP contribution in [0, 0.1) is 0 Å². The maximum atomic E-state index is 12.1. The number of nitrogens with zero attached hydrogens (tertiary/aromatic N) is 1. The molecule has 1 aromatic rings. The molecule has 1 aromatic carbocycles. The van der Waals surface area contributed by atoms with E-state index in [1.807, 2.05) is 13.8 Å². The van der Waals surface area contributed by atoms with E-state index in [2.05, 4.69) is 0 Å². The number of hydrogen-bond acceptors (Lipinski definition) is 2. The number of carbonyl (C=O) groups excluding carboxylic acids is 1. The zero-order valence-corrected chi connectivity index (χ0v) is 10.6. The van der Waals surface area contributed by atoms with Crippen molar-refractivity contribution in [2.75, 3.05) is 13.1 Å². The van der Waals surface area contributed by atoms with Gasteiger partial charge in [0, 0.05) is 24.7 Å². The van der Waals surface area contributed by atoms with Crippen molar-refractivity contribution in [3.05, 3.63) is 41.5 Å². The Morgan fingerprint density at radius 3 is 2.50 bits per heavy atom. The lowest BCUT2D eigenvalue weighted by Crippen LogP contribution is -2.30. The number of carboxylic acid groups (broad SMARTS) is 1. The third kappa shape index (κ3) is 3.73. The molecule has 4 nitrogen and oxygen atoms in total. The number of carboxylic acids is 1. The lowest BCUT2D eigenvalue weighted by atomic mass is 10.1. The molecule has 4 heteroatoms. The molecular formula is C14H17NO3. The fourth-order valence-electron chi connectivity index (χ4n) is 1.64. The highest BCUT2D eigenvalue weighted by molar-refractivity contribution is 5.95. The highest BCUT2D eigenvalue weighted by atomic mass is 16.4. The largest absolute Gasteiger partial charge is 0.478 e. The van der Waals surface area contributed by atoms with E-state index in [-0.39, 0.29) is 5.91 Å². The topological polar surface area (TPSA) is 57.6 Å². The van der Waals surface area contributed by atoms with Crippen LogP contribution in [0.4, 0.5) is 0 Å². The minimum atomic E-state index is -1.00. The molecule has 0 unspecified atom stereocenters. The molecule has 1 N–H and O–H groups in total. The minimum Gasteiger partial charge on any atom is -0.478 e. The Kier molecular flexibility index (Phi) is 5.11. The number of hydrogen-bond donors (Lipinski definition) is 1. The number of carbonyl (C=O) groups is 2. The SMILES string of the molecule is CCN(CC)C(=O)c1cccc(C=CC(=O)O)c1. The molecule has 1 rings (SSSR count). The molecule has 0 aliphatic rings. The highest BCUT2D eigenvalue weighted by Crippen LogP contribution is 2.10. The predicted molar refractivity (Wildman–Crippen MR) is 70.4 cm³/mol. The second-order valence-corrected chi connectivity index (χ2v) is 3.77. The van der Waals surface area contributed by atoms with Crippen LogP contribution >= 0.6 is 0 Å². The molecule has 0 saturated heterocycles. The van der Waals surface area contributed by atoms with Crippen molar-refractivity contribution in [2.45, 2.75) is 13.8 Å². The van der Waals surface area contributed by atoms with E-state index < -0.39 is 5.97 Å². The van der Waals surface area contributed by atoms with Crippen molar-refractivity contribution in [1.29, 1.82) is 0 Å². The summed E-state index contributed by atoms with van der Waals surface area (Å²) in [6, 6.07) is 6.94. The second-order valence-electron chi connectivity index (χ2n) is 3.77. The van der Waals surface area contributed by atoms with E-state index in [1.165, 1.54) is 6.08 Å². The smallest absolute Gasteiger partial charge is 0.328 e. The third-order valence-electron chi connectivity index (χ3n) is 2.60. The summed E-state index contributed by atoms with van der Waals surface area (Å²) in [5.74, 6) is -1.04. The predicted octanol–water partition coefficient (Wildman–Crippen LogP) is 2.27. The summed E-state index contributed by atoms with van der Waals surface area (Å²) in [5, 5.41) is 8.56. The van der Waals surface area contributed by atoms with E-state index in [0.717, 1.165) is 6.08 Å². The van der Waals surface area contributed by atoms with E-state index >= 15 is 0 Å². The Hall–Kier alpha value is -2.10. The van der Waals surface area contributed by atoms with E-state index in [1.54, 1.807) is 29.2 Å². The Balaban J connectivity index is 2.94. The van der Waals surface area contributed by atoms with Gasteiger partial charge in [-0.2, -0.15) is 0 Å². The molecule has 0 bridgehead atoms. The molecule has 0 atom stereocenters. The monoisotopic (exact) mass is 247 g/mol. The fourth-order valence-corrected chi connectivity index (χ4v) is 1.64. The van der Waals surface area contributed by atoms with Gasteiger partial charge in [0.05, 0.1) is 0 Å². The lowest BCUT2D eigenvalue weighted by Gasteiger charge is -2.18. The van der Waals surface area contributed by atoms with E-state index in [4.69, 9.17) is 5.11 Å². The first kappa shape index (κ1) is 14.0. The van der Waals surface area contributed by atoms with Gasteiger partial charge >= 0.3 is 5.97 Å². The lowest BCUT2D eigenvalue weighted by molar-refractivity contribution is -0.131. The summed E-state index contributed by atoms with van der Waals surface area (Å²) >= 11 is 0. The van der Waals surface area contributed by atoms with Gasteiger partial charge in [-0.15, -0.1) is 0 Å². The Labute approximate surface area is 107 Å². The van der Waals surface area contributed by atoms with Gasteiger partial charge in [0.2, 0.25) is 0 Å². The van der Waals surface area contributed by atoms with Gasteiger partial charge in [0.15, 0.2) is 0 Å². The third-order valence-corrected chi connectivity index (χ3v) is 2.60. The van der Waals surface area contributed by atoms with Crippen LogP contribution in [0.2, 0.25) is 0 Å². The molecule has 18 heavy (non-hydrogen) atoms. The molecule has 0 spiro atoms.